The average molecular weight is 320 g/mol. The zero-order valence-electron chi connectivity index (χ0n) is 13.3. The molecule has 120 valence electrons. The first-order valence-corrected chi connectivity index (χ1v) is 8.09. The van der Waals surface area contributed by atoms with Gasteiger partial charge in [-0.15, -0.1) is 0 Å². The van der Waals surface area contributed by atoms with E-state index in [1.165, 1.54) is 12.1 Å². The number of hydrogen-bond acceptors (Lipinski definition) is 2. The molecule has 0 unspecified atom stereocenters. The van der Waals surface area contributed by atoms with Crippen molar-refractivity contribution < 1.29 is 9.18 Å². The Morgan fingerprint density at radius 1 is 1.17 bits per heavy atom. The predicted octanol–water partition coefficient (Wildman–Crippen LogP) is 4.24. The van der Waals surface area contributed by atoms with E-state index >= 15 is 0 Å². The van der Waals surface area contributed by atoms with Crippen molar-refractivity contribution in [2.24, 2.45) is 0 Å². The van der Waals surface area contributed by atoms with Gasteiger partial charge in [0.1, 0.15) is 5.82 Å². The fraction of sp³-hybridized carbons (Fsp3) is 0.200. The zero-order valence-corrected chi connectivity index (χ0v) is 13.3. The van der Waals surface area contributed by atoms with Crippen molar-refractivity contribution in [1.82, 2.24) is 10.3 Å². The first kappa shape index (κ1) is 14.8. The Morgan fingerprint density at radius 3 is 2.62 bits per heavy atom. The Kier molecular flexibility index (Phi) is 3.53. The van der Waals surface area contributed by atoms with Gasteiger partial charge in [-0.2, -0.15) is 0 Å². The third-order valence-corrected chi connectivity index (χ3v) is 4.28. The van der Waals surface area contributed by atoms with Crippen LogP contribution in [0.1, 0.15) is 28.9 Å². The zero-order chi connectivity index (χ0) is 16.7. The van der Waals surface area contributed by atoms with Gasteiger partial charge in [-0.3, -0.25) is 9.78 Å². The van der Waals surface area contributed by atoms with E-state index in [1.807, 2.05) is 31.2 Å². The van der Waals surface area contributed by atoms with Gasteiger partial charge in [-0.1, -0.05) is 30.3 Å². The molecule has 3 aromatic rings. The van der Waals surface area contributed by atoms with Crippen molar-refractivity contribution in [3.05, 3.63) is 65.6 Å². The van der Waals surface area contributed by atoms with Gasteiger partial charge in [0.25, 0.3) is 5.91 Å². The van der Waals surface area contributed by atoms with E-state index < -0.39 is 0 Å². The molecule has 0 aliphatic heterocycles. The number of benzene rings is 2. The van der Waals surface area contributed by atoms with Gasteiger partial charge >= 0.3 is 0 Å². The predicted molar refractivity (Wildman–Crippen MR) is 92.4 cm³/mol. The van der Waals surface area contributed by atoms with Gasteiger partial charge in [0, 0.05) is 22.7 Å². The Labute approximate surface area is 139 Å². The summed E-state index contributed by atoms with van der Waals surface area (Å²) in [6.45, 7) is 1.88. The number of para-hydroxylation sites is 1. The monoisotopic (exact) mass is 320 g/mol. The molecule has 1 aromatic heterocycles. The van der Waals surface area contributed by atoms with E-state index in [0.717, 1.165) is 40.6 Å². The molecule has 1 fully saturated rings. The fourth-order valence-electron chi connectivity index (χ4n) is 2.92. The van der Waals surface area contributed by atoms with Crippen LogP contribution in [0.2, 0.25) is 0 Å². The second-order valence-corrected chi connectivity index (χ2v) is 6.27. The van der Waals surface area contributed by atoms with Gasteiger partial charge in [0.05, 0.1) is 11.1 Å². The second-order valence-electron chi connectivity index (χ2n) is 6.27. The van der Waals surface area contributed by atoms with E-state index in [0.29, 0.717) is 11.6 Å². The highest BCUT2D eigenvalue weighted by Gasteiger charge is 2.25. The minimum absolute atomic E-state index is 0.0516. The van der Waals surface area contributed by atoms with Crippen LogP contribution in [0.4, 0.5) is 4.39 Å². The van der Waals surface area contributed by atoms with Crippen LogP contribution >= 0.6 is 0 Å². The molecule has 0 bridgehead atoms. The maximum Gasteiger partial charge on any atom is 0.252 e. The van der Waals surface area contributed by atoms with Crippen LogP contribution in [0, 0.1) is 12.7 Å². The first-order valence-electron chi connectivity index (χ1n) is 8.09. The Bertz CT molecular complexity index is 930. The van der Waals surface area contributed by atoms with Gasteiger partial charge in [0.15, 0.2) is 0 Å². The molecule has 0 radical (unpaired) electrons. The van der Waals surface area contributed by atoms with Crippen LogP contribution in [0.5, 0.6) is 0 Å². The van der Waals surface area contributed by atoms with Gasteiger partial charge in [0.2, 0.25) is 0 Å². The minimum Gasteiger partial charge on any atom is -0.349 e. The second kappa shape index (κ2) is 5.71. The third kappa shape index (κ3) is 2.75. The van der Waals surface area contributed by atoms with Gasteiger partial charge < -0.3 is 5.32 Å². The number of hydrogen-bond donors (Lipinski definition) is 1. The number of fused-ring (bicyclic) bond motifs is 1. The molecular weight excluding hydrogens is 303 g/mol. The van der Waals surface area contributed by atoms with Crippen molar-refractivity contribution >= 4 is 16.8 Å². The molecule has 4 rings (SSSR count). The molecule has 1 N–H and O–H groups in total. The van der Waals surface area contributed by atoms with Crippen molar-refractivity contribution in [3.63, 3.8) is 0 Å². The summed E-state index contributed by atoms with van der Waals surface area (Å²) in [7, 11) is 0. The number of aryl methyl sites for hydroxylation is 1. The Balaban J connectivity index is 1.88. The maximum atomic E-state index is 13.2. The molecule has 1 aliphatic rings. The molecule has 0 spiro atoms. The standard InChI is InChI=1S/C20H17FN2O/c1-12-11-18(20(24)23-15-9-10-15)17-4-2-3-16(19(17)22-12)13-5-7-14(21)8-6-13/h2-8,11,15H,9-10H2,1H3,(H,23,24). The van der Waals surface area contributed by atoms with Crippen molar-refractivity contribution in [2.75, 3.05) is 0 Å². The number of nitrogens with one attached hydrogen (secondary N) is 1. The number of amides is 1. The van der Waals surface area contributed by atoms with Crippen LogP contribution in [0.25, 0.3) is 22.0 Å². The highest BCUT2D eigenvalue weighted by molar-refractivity contribution is 6.09. The molecule has 3 nitrogen and oxygen atoms in total. The lowest BCUT2D eigenvalue weighted by molar-refractivity contribution is 0.0952. The maximum absolute atomic E-state index is 13.2. The summed E-state index contributed by atoms with van der Waals surface area (Å²) in [5.41, 5.74) is 3.99. The SMILES string of the molecule is Cc1cc(C(=O)NC2CC2)c2cccc(-c3ccc(F)cc3)c2n1. The fourth-order valence-corrected chi connectivity index (χ4v) is 2.92. The molecular formula is C20H17FN2O. The minimum atomic E-state index is -0.271. The largest absolute Gasteiger partial charge is 0.349 e. The smallest absolute Gasteiger partial charge is 0.252 e. The van der Waals surface area contributed by atoms with Crippen LogP contribution in [0.15, 0.2) is 48.5 Å². The normalized spacial score (nSPS) is 13.9. The molecule has 2 aromatic carbocycles. The van der Waals surface area contributed by atoms with Crippen molar-refractivity contribution in [3.8, 4) is 11.1 Å². The quantitative estimate of drug-likeness (QED) is 0.784. The van der Waals surface area contributed by atoms with E-state index in [4.69, 9.17) is 0 Å². The number of carbonyl (C=O) groups excluding carboxylic acids is 1. The number of pyridine rings is 1. The third-order valence-electron chi connectivity index (χ3n) is 4.28. The summed E-state index contributed by atoms with van der Waals surface area (Å²) < 4.78 is 13.2. The summed E-state index contributed by atoms with van der Waals surface area (Å²) >= 11 is 0. The first-order chi connectivity index (χ1) is 11.6. The molecule has 1 saturated carbocycles. The van der Waals surface area contributed by atoms with E-state index in [2.05, 4.69) is 10.3 Å². The molecule has 0 saturated heterocycles. The number of carbonyl (C=O) groups is 1. The van der Waals surface area contributed by atoms with E-state index in [1.54, 1.807) is 12.1 Å². The van der Waals surface area contributed by atoms with Crippen LogP contribution in [-0.4, -0.2) is 16.9 Å². The molecule has 0 atom stereocenters. The van der Waals surface area contributed by atoms with Gasteiger partial charge in [-0.05, 0) is 43.5 Å². The Morgan fingerprint density at radius 2 is 1.92 bits per heavy atom. The summed E-state index contributed by atoms with van der Waals surface area (Å²) in [6.07, 6.45) is 2.10. The van der Waals surface area contributed by atoms with Crippen molar-refractivity contribution in [2.45, 2.75) is 25.8 Å². The summed E-state index contributed by atoms with van der Waals surface area (Å²) in [6, 6.07) is 14.2. The highest BCUT2D eigenvalue weighted by Crippen LogP contribution is 2.30. The van der Waals surface area contributed by atoms with Crippen LogP contribution in [0.3, 0.4) is 0 Å². The van der Waals surface area contributed by atoms with E-state index in [-0.39, 0.29) is 11.7 Å². The number of nitrogens with zero attached hydrogens (tertiary/aromatic N) is 1. The van der Waals surface area contributed by atoms with Crippen molar-refractivity contribution in [1.29, 1.82) is 0 Å². The summed E-state index contributed by atoms with van der Waals surface area (Å²) in [4.78, 5) is 17.2. The van der Waals surface area contributed by atoms with E-state index in [9.17, 15) is 9.18 Å². The summed E-state index contributed by atoms with van der Waals surface area (Å²) in [5, 5.41) is 3.86. The van der Waals surface area contributed by atoms with Crippen LogP contribution in [-0.2, 0) is 0 Å². The van der Waals surface area contributed by atoms with Crippen LogP contribution < -0.4 is 5.32 Å². The molecule has 4 heteroatoms. The lowest BCUT2D eigenvalue weighted by Gasteiger charge is -2.12. The number of rotatable bonds is 3. The van der Waals surface area contributed by atoms with Gasteiger partial charge in [-0.25, -0.2) is 4.39 Å². The summed E-state index contributed by atoms with van der Waals surface area (Å²) in [5.74, 6) is -0.322. The topological polar surface area (TPSA) is 42.0 Å². The molecule has 1 aliphatic carbocycles. The highest BCUT2D eigenvalue weighted by atomic mass is 19.1. The number of aromatic nitrogens is 1. The number of halogens is 1. The molecule has 1 amide bonds. The Hall–Kier alpha value is -2.75. The lowest BCUT2D eigenvalue weighted by Crippen LogP contribution is -2.25. The molecule has 1 heterocycles. The molecule has 24 heavy (non-hydrogen) atoms. The average Bonchev–Trinajstić information content (AvgIpc) is 3.38. The lowest BCUT2D eigenvalue weighted by atomic mass is 9.98.